The predicted molar refractivity (Wildman–Crippen MR) is 52.8 cm³/mol. The third-order valence-corrected chi connectivity index (χ3v) is 1.81. The highest BCUT2D eigenvalue weighted by atomic mass is 16.5. The van der Waals surface area contributed by atoms with Gasteiger partial charge in [0.2, 0.25) is 0 Å². The number of aryl methyl sites for hydroxylation is 1. The molecule has 76 valence electrons. The summed E-state index contributed by atoms with van der Waals surface area (Å²) in [4.78, 5) is 11.0. The Hall–Kier alpha value is -1.35. The second-order valence-corrected chi connectivity index (χ2v) is 2.93. The zero-order valence-electron chi connectivity index (χ0n) is 7.98. The number of aliphatic hydroxyl groups excluding tert-OH is 1. The van der Waals surface area contributed by atoms with E-state index in [2.05, 4.69) is 0 Å². The number of rotatable bonds is 5. The van der Waals surface area contributed by atoms with Gasteiger partial charge in [0.05, 0.1) is 6.61 Å². The Morgan fingerprint density at radius 2 is 2.00 bits per heavy atom. The summed E-state index contributed by atoms with van der Waals surface area (Å²) in [5.41, 5.74) is 1.12. The smallest absolute Gasteiger partial charge is 0.306 e. The minimum atomic E-state index is -0.261. The molecule has 0 bridgehead atoms. The number of ether oxygens (including phenoxy) is 1. The Morgan fingerprint density at radius 1 is 1.29 bits per heavy atom. The number of hydrogen-bond acceptors (Lipinski definition) is 3. The molecular weight excluding hydrogens is 180 g/mol. The number of benzene rings is 1. The largest absolute Gasteiger partial charge is 0.463 e. The minimum absolute atomic E-state index is 0.0909. The zero-order valence-corrected chi connectivity index (χ0v) is 7.98. The van der Waals surface area contributed by atoms with Crippen LogP contribution in [0.3, 0.4) is 0 Å². The lowest BCUT2D eigenvalue weighted by Crippen LogP contribution is -2.09. The first kappa shape index (κ1) is 10.7. The van der Waals surface area contributed by atoms with E-state index in [1.807, 2.05) is 30.3 Å². The van der Waals surface area contributed by atoms with Crippen LogP contribution in [0.2, 0.25) is 0 Å². The van der Waals surface area contributed by atoms with Crippen molar-refractivity contribution in [2.45, 2.75) is 12.8 Å². The molecule has 3 nitrogen and oxygen atoms in total. The molecule has 0 saturated heterocycles. The molecule has 0 spiro atoms. The van der Waals surface area contributed by atoms with Crippen LogP contribution in [0.1, 0.15) is 12.0 Å². The van der Waals surface area contributed by atoms with Gasteiger partial charge in [0.1, 0.15) is 6.61 Å². The third-order valence-electron chi connectivity index (χ3n) is 1.81. The van der Waals surface area contributed by atoms with Crippen LogP contribution in [-0.4, -0.2) is 24.3 Å². The first-order chi connectivity index (χ1) is 6.83. The van der Waals surface area contributed by atoms with Crippen molar-refractivity contribution in [1.29, 1.82) is 0 Å². The Kier molecular flexibility index (Phi) is 4.72. The Labute approximate surface area is 83.3 Å². The molecule has 3 heteroatoms. The molecule has 0 fully saturated rings. The molecule has 0 aliphatic heterocycles. The van der Waals surface area contributed by atoms with Crippen LogP contribution in [0.15, 0.2) is 30.3 Å². The normalized spacial score (nSPS) is 9.79. The second-order valence-electron chi connectivity index (χ2n) is 2.93. The van der Waals surface area contributed by atoms with Crippen molar-refractivity contribution in [3.8, 4) is 0 Å². The van der Waals surface area contributed by atoms with E-state index in [1.165, 1.54) is 0 Å². The van der Waals surface area contributed by atoms with Crippen LogP contribution in [0, 0.1) is 0 Å². The van der Waals surface area contributed by atoms with Crippen molar-refractivity contribution < 1.29 is 14.6 Å². The molecule has 0 saturated carbocycles. The maximum absolute atomic E-state index is 11.0. The van der Waals surface area contributed by atoms with Crippen molar-refractivity contribution in [2.75, 3.05) is 13.2 Å². The van der Waals surface area contributed by atoms with E-state index in [0.717, 1.165) is 5.56 Å². The van der Waals surface area contributed by atoms with Crippen molar-refractivity contribution in [1.82, 2.24) is 0 Å². The van der Waals surface area contributed by atoms with E-state index in [1.54, 1.807) is 0 Å². The first-order valence-electron chi connectivity index (χ1n) is 4.63. The Balaban J connectivity index is 2.24. The summed E-state index contributed by atoms with van der Waals surface area (Å²) in [6.45, 7) is -0.0231. The van der Waals surface area contributed by atoms with E-state index < -0.39 is 0 Å². The highest BCUT2D eigenvalue weighted by Gasteiger charge is 2.02. The van der Waals surface area contributed by atoms with Crippen LogP contribution in [-0.2, 0) is 16.0 Å². The number of aliphatic hydroxyl groups is 1. The molecule has 0 aromatic heterocycles. The summed E-state index contributed by atoms with van der Waals surface area (Å²) in [5, 5.41) is 8.42. The average Bonchev–Trinajstić information content (AvgIpc) is 2.25. The van der Waals surface area contributed by atoms with E-state index >= 15 is 0 Å². The maximum atomic E-state index is 11.0. The quantitative estimate of drug-likeness (QED) is 0.715. The molecule has 0 aliphatic carbocycles. The fraction of sp³-hybridized carbons (Fsp3) is 0.364. The highest BCUT2D eigenvalue weighted by molar-refractivity contribution is 5.69. The highest BCUT2D eigenvalue weighted by Crippen LogP contribution is 2.02. The summed E-state index contributed by atoms with van der Waals surface area (Å²) in [6, 6.07) is 9.76. The van der Waals surface area contributed by atoms with Crippen LogP contribution >= 0.6 is 0 Å². The number of carbonyl (C=O) groups is 1. The third kappa shape index (κ3) is 4.05. The summed E-state index contributed by atoms with van der Waals surface area (Å²) >= 11 is 0. The average molecular weight is 194 g/mol. The fourth-order valence-corrected chi connectivity index (χ4v) is 1.12. The van der Waals surface area contributed by atoms with Gasteiger partial charge < -0.3 is 9.84 Å². The lowest BCUT2D eigenvalue weighted by molar-refractivity contribution is -0.144. The van der Waals surface area contributed by atoms with Crippen molar-refractivity contribution >= 4 is 5.97 Å². The monoisotopic (exact) mass is 194 g/mol. The van der Waals surface area contributed by atoms with Crippen molar-refractivity contribution in [3.63, 3.8) is 0 Å². The van der Waals surface area contributed by atoms with Gasteiger partial charge in [-0.25, -0.2) is 0 Å². The molecule has 1 N–H and O–H groups in total. The molecule has 1 rings (SSSR count). The van der Waals surface area contributed by atoms with Crippen LogP contribution < -0.4 is 0 Å². The summed E-state index contributed by atoms with van der Waals surface area (Å²) in [7, 11) is 0. The molecule has 0 atom stereocenters. The molecule has 0 radical (unpaired) electrons. The van der Waals surface area contributed by atoms with Crippen LogP contribution in [0.25, 0.3) is 0 Å². The van der Waals surface area contributed by atoms with Gasteiger partial charge in [-0.15, -0.1) is 0 Å². The predicted octanol–water partition coefficient (Wildman–Crippen LogP) is 1.15. The zero-order chi connectivity index (χ0) is 10.2. The second kappa shape index (κ2) is 6.16. The van der Waals surface area contributed by atoms with Gasteiger partial charge in [-0.05, 0) is 12.0 Å². The summed E-state index contributed by atoms with van der Waals surface area (Å²) in [6.07, 6.45) is 1.05. The molecule has 0 aliphatic rings. The SMILES string of the molecule is O=C(CCc1ccccc1)OCCO. The number of esters is 1. The standard InChI is InChI=1S/C11H14O3/c12-8-9-14-11(13)7-6-10-4-2-1-3-5-10/h1-5,12H,6-9H2. The van der Waals surface area contributed by atoms with Crippen LogP contribution in [0.5, 0.6) is 0 Å². The molecule has 0 unspecified atom stereocenters. The van der Waals surface area contributed by atoms with Crippen LogP contribution in [0.4, 0.5) is 0 Å². The van der Waals surface area contributed by atoms with Gasteiger partial charge in [-0.3, -0.25) is 4.79 Å². The van der Waals surface area contributed by atoms with E-state index in [0.29, 0.717) is 12.8 Å². The Morgan fingerprint density at radius 3 is 2.64 bits per heavy atom. The molecule has 0 amide bonds. The van der Waals surface area contributed by atoms with E-state index in [9.17, 15) is 4.79 Å². The van der Waals surface area contributed by atoms with Gasteiger partial charge >= 0.3 is 5.97 Å². The molecule has 0 heterocycles. The van der Waals surface area contributed by atoms with Crippen molar-refractivity contribution in [2.24, 2.45) is 0 Å². The summed E-state index contributed by atoms with van der Waals surface area (Å²) in [5.74, 6) is -0.261. The molecule has 1 aromatic carbocycles. The Bertz CT molecular complexity index is 269. The van der Waals surface area contributed by atoms with Gasteiger partial charge in [0.25, 0.3) is 0 Å². The van der Waals surface area contributed by atoms with Gasteiger partial charge in [-0.2, -0.15) is 0 Å². The van der Waals surface area contributed by atoms with Gasteiger partial charge in [0.15, 0.2) is 0 Å². The lowest BCUT2D eigenvalue weighted by Gasteiger charge is -2.02. The summed E-state index contributed by atoms with van der Waals surface area (Å²) < 4.78 is 4.72. The molecule has 14 heavy (non-hydrogen) atoms. The maximum Gasteiger partial charge on any atom is 0.306 e. The van der Waals surface area contributed by atoms with E-state index in [-0.39, 0.29) is 19.2 Å². The topological polar surface area (TPSA) is 46.5 Å². The number of carbonyl (C=O) groups excluding carboxylic acids is 1. The van der Waals surface area contributed by atoms with Gasteiger partial charge in [0, 0.05) is 6.42 Å². The lowest BCUT2D eigenvalue weighted by atomic mass is 10.1. The fourth-order valence-electron chi connectivity index (χ4n) is 1.12. The van der Waals surface area contributed by atoms with E-state index in [4.69, 9.17) is 9.84 Å². The van der Waals surface area contributed by atoms with Crippen molar-refractivity contribution in [3.05, 3.63) is 35.9 Å². The first-order valence-corrected chi connectivity index (χ1v) is 4.63. The van der Waals surface area contributed by atoms with Gasteiger partial charge in [-0.1, -0.05) is 30.3 Å². The molecule has 1 aromatic rings. The molecular formula is C11H14O3. The minimum Gasteiger partial charge on any atom is -0.463 e. The number of hydrogen-bond donors (Lipinski definition) is 1.